The molecule has 3 aromatic rings. The monoisotopic (exact) mass is 396 g/mol. The molecular formula is C20H16N2O3S2. The van der Waals surface area contributed by atoms with Crippen LogP contribution in [0.4, 0.5) is 0 Å². The second kappa shape index (κ2) is 7.85. The fraction of sp³-hybridized carbons (Fsp3) is 0.150. The van der Waals surface area contributed by atoms with Crippen molar-refractivity contribution in [2.75, 3.05) is 6.61 Å². The third kappa shape index (κ3) is 3.84. The average Bonchev–Trinajstić information content (AvgIpc) is 3.46. The van der Waals surface area contributed by atoms with Gasteiger partial charge in [-0.05, 0) is 35.0 Å². The first-order valence-corrected chi connectivity index (χ1v) is 10.2. The van der Waals surface area contributed by atoms with Crippen LogP contribution in [0.2, 0.25) is 0 Å². The Bertz CT molecular complexity index is 951. The van der Waals surface area contributed by atoms with Crippen molar-refractivity contribution in [1.82, 2.24) is 5.01 Å². The second-order valence-electron chi connectivity index (χ2n) is 5.94. The van der Waals surface area contributed by atoms with Gasteiger partial charge in [0, 0.05) is 11.3 Å². The molecule has 1 atom stereocenters. The van der Waals surface area contributed by atoms with E-state index in [2.05, 4.69) is 5.10 Å². The van der Waals surface area contributed by atoms with E-state index in [0.717, 1.165) is 15.5 Å². The quantitative estimate of drug-likeness (QED) is 0.603. The summed E-state index contributed by atoms with van der Waals surface area (Å²) in [4.78, 5) is 27.0. The summed E-state index contributed by atoms with van der Waals surface area (Å²) >= 11 is 3.19. The second-order valence-corrected chi connectivity index (χ2v) is 7.87. The Hall–Kier alpha value is -2.77. The SMILES string of the molecule is O=C(OCC(=O)N1N=C(c2cccs2)CC1c1cccs1)c1ccccc1. The Morgan fingerprint density at radius 1 is 1.04 bits per heavy atom. The number of hydrogen-bond acceptors (Lipinski definition) is 6. The normalized spacial score (nSPS) is 16.2. The number of benzene rings is 1. The highest BCUT2D eigenvalue weighted by Crippen LogP contribution is 2.35. The van der Waals surface area contributed by atoms with E-state index in [9.17, 15) is 9.59 Å². The fourth-order valence-electron chi connectivity index (χ4n) is 2.89. The lowest BCUT2D eigenvalue weighted by Crippen LogP contribution is -2.31. The van der Waals surface area contributed by atoms with Gasteiger partial charge in [0.25, 0.3) is 5.91 Å². The Morgan fingerprint density at radius 2 is 1.81 bits per heavy atom. The number of thiophene rings is 2. The molecule has 0 spiro atoms. The minimum atomic E-state index is -0.515. The van der Waals surface area contributed by atoms with Crippen LogP contribution in [0.25, 0.3) is 0 Å². The maximum Gasteiger partial charge on any atom is 0.338 e. The standard InChI is InChI=1S/C20H16N2O3S2/c23-19(13-25-20(24)14-6-2-1-3-7-14)22-16(18-9-5-11-27-18)12-15(21-22)17-8-4-10-26-17/h1-11,16H,12-13H2. The van der Waals surface area contributed by atoms with Gasteiger partial charge >= 0.3 is 5.97 Å². The molecule has 4 rings (SSSR count). The number of ether oxygens (including phenoxy) is 1. The van der Waals surface area contributed by atoms with Crippen LogP contribution in [-0.2, 0) is 9.53 Å². The average molecular weight is 396 g/mol. The van der Waals surface area contributed by atoms with Crippen molar-refractivity contribution in [2.45, 2.75) is 12.5 Å². The molecule has 0 aliphatic carbocycles. The summed E-state index contributed by atoms with van der Waals surface area (Å²) in [5.74, 6) is -0.845. The Balaban J connectivity index is 1.50. The Morgan fingerprint density at radius 3 is 2.52 bits per heavy atom. The summed E-state index contributed by atoms with van der Waals surface area (Å²) in [6.07, 6.45) is 0.652. The van der Waals surface area contributed by atoms with Crippen molar-refractivity contribution < 1.29 is 14.3 Å². The molecule has 0 saturated carbocycles. The molecule has 1 aliphatic rings. The number of amides is 1. The lowest BCUT2D eigenvalue weighted by molar-refractivity contribution is -0.136. The molecule has 1 unspecified atom stereocenters. The molecule has 2 aromatic heterocycles. The molecule has 1 aromatic carbocycles. The highest BCUT2D eigenvalue weighted by atomic mass is 32.1. The number of hydrazone groups is 1. The predicted molar refractivity (Wildman–Crippen MR) is 106 cm³/mol. The van der Waals surface area contributed by atoms with Gasteiger partial charge in [-0.25, -0.2) is 9.80 Å². The summed E-state index contributed by atoms with van der Waals surface area (Å²) in [6, 6.07) is 16.4. The van der Waals surface area contributed by atoms with Crippen LogP contribution in [0.15, 0.2) is 70.5 Å². The summed E-state index contributed by atoms with van der Waals surface area (Å²) in [6.45, 7) is -0.336. The lowest BCUT2D eigenvalue weighted by atomic mass is 10.1. The Labute approximate surface area is 164 Å². The van der Waals surface area contributed by atoms with Crippen molar-refractivity contribution in [3.63, 3.8) is 0 Å². The third-order valence-electron chi connectivity index (χ3n) is 4.18. The maximum atomic E-state index is 12.8. The van der Waals surface area contributed by atoms with E-state index in [-0.39, 0.29) is 18.6 Å². The van der Waals surface area contributed by atoms with Crippen LogP contribution < -0.4 is 0 Å². The number of rotatable bonds is 5. The first-order valence-electron chi connectivity index (χ1n) is 8.41. The number of hydrogen-bond donors (Lipinski definition) is 0. The number of esters is 1. The largest absolute Gasteiger partial charge is 0.452 e. The van der Waals surface area contributed by atoms with Crippen LogP contribution in [0, 0.1) is 0 Å². The zero-order valence-electron chi connectivity index (χ0n) is 14.3. The molecule has 27 heavy (non-hydrogen) atoms. The van der Waals surface area contributed by atoms with Crippen LogP contribution in [-0.4, -0.2) is 29.2 Å². The van der Waals surface area contributed by atoms with Gasteiger partial charge in [-0.3, -0.25) is 4.79 Å². The number of nitrogens with zero attached hydrogens (tertiary/aromatic N) is 2. The van der Waals surface area contributed by atoms with Crippen molar-refractivity contribution in [3.8, 4) is 0 Å². The zero-order chi connectivity index (χ0) is 18.6. The molecule has 0 fully saturated rings. The smallest absolute Gasteiger partial charge is 0.338 e. The van der Waals surface area contributed by atoms with E-state index in [1.807, 2.05) is 41.1 Å². The number of carbonyl (C=O) groups excluding carboxylic acids is 2. The molecule has 0 N–H and O–H groups in total. The molecule has 0 radical (unpaired) electrons. The molecular weight excluding hydrogens is 380 g/mol. The van der Waals surface area contributed by atoms with Crippen LogP contribution in [0.1, 0.15) is 32.6 Å². The Kier molecular flexibility index (Phi) is 5.13. The highest BCUT2D eigenvalue weighted by molar-refractivity contribution is 7.12. The summed E-state index contributed by atoms with van der Waals surface area (Å²) in [5.41, 5.74) is 1.30. The minimum Gasteiger partial charge on any atom is -0.452 e. The molecule has 5 nitrogen and oxygen atoms in total. The van der Waals surface area contributed by atoms with Gasteiger partial charge < -0.3 is 4.74 Å². The summed E-state index contributed by atoms with van der Waals surface area (Å²) in [5, 5.41) is 9.98. The van der Waals surface area contributed by atoms with E-state index in [4.69, 9.17) is 4.74 Å². The molecule has 0 saturated heterocycles. The van der Waals surface area contributed by atoms with Crippen LogP contribution in [0.3, 0.4) is 0 Å². The van der Waals surface area contributed by atoms with E-state index in [1.54, 1.807) is 46.9 Å². The first kappa shape index (κ1) is 17.6. The lowest BCUT2D eigenvalue weighted by Gasteiger charge is -2.20. The molecule has 1 amide bonds. The minimum absolute atomic E-state index is 0.162. The van der Waals surface area contributed by atoms with E-state index < -0.39 is 5.97 Å². The van der Waals surface area contributed by atoms with Gasteiger partial charge in [0.2, 0.25) is 0 Å². The maximum absolute atomic E-state index is 12.8. The van der Waals surface area contributed by atoms with Crippen molar-refractivity contribution >= 4 is 40.3 Å². The molecule has 136 valence electrons. The first-order chi connectivity index (χ1) is 13.2. The van der Waals surface area contributed by atoms with Gasteiger partial charge in [-0.2, -0.15) is 5.10 Å². The fourth-order valence-corrected chi connectivity index (χ4v) is 4.42. The number of carbonyl (C=O) groups is 2. The van der Waals surface area contributed by atoms with E-state index in [0.29, 0.717) is 12.0 Å². The topological polar surface area (TPSA) is 59.0 Å². The third-order valence-corrected chi connectivity index (χ3v) is 6.07. The molecule has 3 heterocycles. The van der Waals surface area contributed by atoms with Gasteiger partial charge in [-0.1, -0.05) is 30.3 Å². The van der Waals surface area contributed by atoms with Crippen molar-refractivity contribution in [3.05, 3.63) is 80.7 Å². The van der Waals surface area contributed by atoms with Crippen LogP contribution >= 0.6 is 22.7 Å². The zero-order valence-corrected chi connectivity index (χ0v) is 15.9. The molecule has 0 bridgehead atoms. The van der Waals surface area contributed by atoms with Crippen molar-refractivity contribution in [2.24, 2.45) is 5.10 Å². The van der Waals surface area contributed by atoms with Gasteiger partial charge in [0.15, 0.2) is 6.61 Å². The molecule has 1 aliphatic heterocycles. The van der Waals surface area contributed by atoms with Gasteiger partial charge in [-0.15, -0.1) is 22.7 Å². The van der Waals surface area contributed by atoms with Crippen LogP contribution in [0.5, 0.6) is 0 Å². The molecule has 7 heteroatoms. The summed E-state index contributed by atoms with van der Waals surface area (Å²) < 4.78 is 5.20. The van der Waals surface area contributed by atoms with Gasteiger partial charge in [0.05, 0.1) is 22.2 Å². The highest BCUT2D eigenvalue weighted by Gasteiger charge is 2.34. The summed E-state index contributed by atoms with van der Waals surface area (Å²) in [7, 11) is 0. The van der Waals surface area contributed by atoms with Gasteiger partial charge in [0.1, 0.15) is 0 Å². The van der Waals surface area contributed by atoms with E-state index >= 15 is 0 Å². The predicted octanol–water partition coefficient (Wildman–Crippen LogP) is 4.34. The van der Waals surface area contributed by atoms with E-state index in [1.165, 1.54) is 5.01 Å². The van der Waals surface area contributed by atoms with Crippen molar-refractivity contribution in [1.29, 1.82) is 0 Å².